The number of aromatic nitrogens is 3. The predicted molar refractivity (Wildman–Crippen MR) is 75.9 cm³/mol. The summed E-state index contributed by atoms with van der Waals surface area (Å²) in [5, 5.41) is 3.36. The van der Waals surface area contributed by atoms with Crippen LogP contribution in [0.2, 0.25) is 5.28 Å². The van der Waals surface area contributed by atoms with Gasteiger partial charge in [-0.05, 0) is 30.9 Å². The Balaban J connectivity index is 2.11. The average Bonchev–Trinajstić information content (AvgIpc) is 2.44. The third-order valence-electron chi connectivity index (χ3n) is 3.12. The Morgan fingerprint density at radius 2 is 2.26 bits per heavy atom. The van der Waals surface area contributed by atoms with Crippen LogP contribution in [-0.4, -0.2) is 47.8 Å². The molecule has 0 amide bonds. The van der Waals surface area contributed by atoms with Crippen molar-refractivity contribution < 1.29 is 4.74 Å². The fourth-order valence-corrected chi connectivity index (χ4v) is 2.26. The predicted octanol–water partition coefficient (Wildman–Crippen LogP) is 1.96. The molecule has 7 heteroatoms. The minimum Gasteiger partial charge on any atom is -0.380 e. The quantitative estimate of drug-likeness (QED) is 0.892. The smallest absolute Gasteiger partial charge is 0.231 e. The van der Waals surface area contributed by atoms with E-state index in [4.69, 9.17) is 16.3 Å². The van der Waals surface area contributed by atoms with Crippen LogP contribution in [0.5, 0.6) is 0 Å². The van der Waals surface area contributed by atoms with Crippen molar-refractivity contribution in [2.24, 2.45) is 0 Å². The summed E-state index contributed by atoms with van der Waals surface area (Å²) in [6.07, 6.45) is 3.39. The molecule has 1 atom stereocenters. The minimum atomic E-state index is 0.225. The van der Waals surface area contributed by atoms with E-state index >= 15 is 0 Å². The van der Waals surface area contributed by atoms with E-state index < -0.39 is 0 Å². The highest BCUT2D eigenvalue weighted by Gasteiger charge is 2.22. The highest BCUT2D eigenvalue weighted by Crippen LogP contribution is 2.19. The fraction of sp³-hybridized carbons (Fsp3) is 0.750. The highest BCUT2D eigenvalue weighted by molar-refractivity contribution is 6.28. The summed E-state index contributed by atoms with van der Waals surface area (Å²) >= 11 is 5.96. The van der Waals surface area contributed by atoms with Crippen LogP contribution in [0.4, 0.5) is 11.9 Å². The standard InChI is InChI=1S/C12H20ClN5O/c1-3-6-14-11-15-10(13)16-12(17-11)18-7-4-5-9(8-18)19-2/h9H,3-8H2,1-2H3,(H,14,15,16,17). The molecular formula is C12H20ClN5O. The summed E-state index contributed by atoms with van der Waals surface area (Å²) in [5.74, 6) is 1.16. The molecule has 1 aromatic rings. The van der Waals surface area contributed by atoms with Gasteiger partial charge in [-0.2, -0.15) is 15.0 Å². The van der Waals surface area contributed by atoms with Crippen LogP contribution in [-0.2, 0) is 4.74 Å². The number of halogens is 1. The Bertz CT molecular complexity index is 417. The van der Waals surface area contributed by atoms with Gasteiger partial charge in [0.2, 0.25) is 17.2 Å². The van der Waals surface area contributed by atoms with Crippen LogP contribution in [0.15, 0.2) is 0 Å². The van der Waals surface area contributed by atoms with Crippen molar-refractivity contribution in [3.05, 3.63) is 5.28 Å². The van der Waals surface area contributed by atoms with Gasteiger partial charge < -0.3 is 15.0 Å². The number of rotatable bonds is 5. The first-order valence-corrected chi connectivity index (χ1v) is 7.04. The Kier molecular flexibility index (Phi) is 5.15. The van der Waals surface area contributed by atoms with Crippen molar-refractivity contribution in [3.63, 3.8) is 0 Å². The summed E-state index contributed by atoms with van der Waals surface area (Å²) in [5.41, 5.74) is 0. The third kappa shape index (κ3) is 3.91. The maximum absolute atomic E-state index is 5.96. The number of hydrogen-bond donors (Lipinski definition) is 1. The SMILES string of the molecule is CCCNc1nc(Cl)nc(N2CCCC(OC)C2)n1. The van der Waals surface area contributed by atoms with E-state index in [-0.39, 0.29) is 11.4 Å². The molecule has 1 aromatic heterocycles. The Hall–Kier alpha value is -1.14. The van der Waals surface area contributed by atoms with Gasteiger partial charge in [0, 0.05) is 26.7 Å². The lowest BCUT2D eigenvalue weighted by molar-refractivity contribution is 0.0889. The van der Waals surface area contributed by atoms with E-state index in [9.17, 15) is 0 Å². The highest BCUT2D eigenvalue weighted by atomic mass is 35.5. The second kappa shape index (κ2) is 6.86. The second-order valence-corrected chi connectivity index (χ2v) is 4.94. The fourth-order valence-electron chi connectivity index (χ4n) is 2.11. The van der Waals surface area contributed by atoms with Gasteiger partial charge in [-0.25, -0.2) is 0 Å². The zero-order valence-electron chi connectivity index (χ0n) is 11.4. The summed E-state index contributed by atoms with van der Waals surface area (Å²) in [4.78, 5) is 14.8. The maximum atomic E-state index is 5.96. The first-order chi connectivity index (χ1) is 9.22. The molecule has 2 heterocycles. The lowest BCUT2D eigenvalue weighted by Crippen LogP contribution is -2.40. The second-order valence-electron chi connectivity index (χ2n) is 4.60. The molecule has 1 saturated heterocycles. The number of methoxy groups -OCH3 is 1. The van der Waals surface area contributed by atoms with Gasteiger partial charge >= 0.3 is 0 Å². The van der Waals surface area contributed by atoms with Crippen molar-refractivity contribution in [3.8, 4) is 0 Å². The van der Waals surface area contributed by atoms with Gasteiger partial charge in [0.05, 0.1) is 6.10 Å². The van der Waals surface area contributed by atoms with Crippen LogP contribution in [0.25, 0.3) is 0 Å². The first kappa shape index (κ1) is 14.3. The monoisotopic (exact) mass is 285 g/mol. The normalized spacial score (nSPS) is 19.5. The van der Waals surface area contributed by atoms with Crippen LogP contribution < -0.4 is 10.2 Å². The Labute approximate surface area is 118 Å². The first-order valence-electron chi connectivity index (χ1n) is 6.66. The van der Waals surface area contributed by atoms with Crippen molar-refractivity contribution in [1.82, 2.24) is 15.0 Å². The summed E-state index contributed by atoms with van der Waals surface area (Å²) in [6.45, 7) is 4.63. The van der Waals surface area contributed by atoms with E-state index in [1.165, 1.54) is 0 Å². The van der Waals surface area contributed by atoms with Crippen LogP contribution in [0, 0.1) is 0 Å². The van der Waals surface area contributed by atoms with E-state index in [2.05, 4.69) is 32.1 Å². The molecule has 1 fully saturated rings. The van der Waals surface area contributed by atoms with Crippen molar-refractivity contribution in [2.45, 2.75) is 32.3 Å². The van der Waals surface area contributed by atoms with Gasteiger partial charge in [-0.15, -0.1) is 0 Å². The molecule has 106 valence electrons. The van der Waals surface area contributed by atoms with Crippen LogP contribution in [0.1, 0.15) is 26.2 Å². The van der Waals surface area contributed by atoms with Gasteiger partial charge in [0.25, 0.3) is 0 Å². The zero-order chi connectivity index (χ0) is 13.7. The van der Waals surface area contributed by atoms with Crippen molar-refractivity contribution >= 4 is 23.5 Å². The van der Waals surface area contributed by atoms with Gasteiger partial charge in [-0.1, -0.05) is 6.92 Å². The molecule has 1 unspecified atom stereocenters. The van der Waals surface area contributed by atoms with Crippen molar-refractivity contribution in [2.75, 3.05) is 37.0 Å². The molecule has 0 radical (unpaired) electrons. The molecule has 1 aliphatic rings. The topological polar surface area (TPSA) is 63.2 Å². The molecule has 1 aliphatic heterocycles. The molecule has 0 aromatic carbocycles. The molecule has 0 bridgehead atoms. The van der Waals surface area contributed by atoms with E-state index in [0.717, 1.165) is 38.9 Å². The van der Waals surface area contributed by atoms with E-state index in [1.807, 2.05) is 0 Å². The lowest BCUT2D eigenvalue weighted by Gasteiger charge is -2.31. The van der Waals surface area contributed by atoms with Crippen LogP contribution in [0.3, 0.4) is 0 Å². The lowest BCUT2D eigenvalue weighted by atomic mass is 10.1. The Morgan fingerprint density at radius 3 is 3.00 bits per heavy atom. The number of piperidine rings is 1. The minimum absolute atomic E-state index is 0.225. The van der Waals surface area contributed by atoms with Crippen LogP contribution >= 0.6 is 11.6 Å². The van der Waals surface area contributed by atoms with Gasteiger partial charge in [-0.3, -0.25) is 0 Å². The third-order valence-corrected chi connectivity index (χ3v) is 3.29. The van der Waals surface area contributed by atoms with E-state index in [0.29, 0.717) is 11.9 Å². The summed E-state index contributed by atoms with van der Waals surface area (Å²) in [7, 11) is 1.74. The molecular weight excluding hydrogens is 266 g/mol. The van der Waals surface area contributed by atoms with Gasteiger partial charge in [0.1, 0.15) is 0 Å². The molecule has 0 aliphatic carbocycles. The largest absolute Gasteiger partial charge is 0.380 e. The molecule has 19 heavy (non-hydrogen) atoms. The molecule has 0 spiro atoms. The number of nitrogens with one attached hydrogen (secondary N) is 1. The van der Waals surface area contributed by atoms with Gasteiger partial charge in [0.15, 0.2) is 0 Å². The molecule has 0 saturated carbocycles. The Morgan fingerprint density at radius 1 is 1.42 bits per heavy atom. The zero-order valence-corrected chi connectivity index (χ0v) is 12.2. The van der Waals surface area contributed by atoms with Crippen molar-refractivity contribution in [1.29, 1.82) is 0 Å². The number of anilines is 2. The number of nitrogens with zero attached hydrogens (tertiary/aromatic N) is 4. The molecule has 1 N–H and O–H groups in total. The molecule has 6 nitrogen and oxygen atoms in total. The molecule has 2 rings (SSSR count). The summed E-state index contributed by atoms with van der Waals surface area (Å²) < 4.78 is 5.41. The average molecular weight is 286 g/mol. The number of ether oxygens (including phenoxy) is 1. The maximum Gasteiger partial charge on any atom is 0.231 e. The van der Waals surface area contributed by atoms with E-state index in [1.54, 1.807) is 7.11 Å². The summed E-state index contributed by atoms with van der Waals surface area (Å²) in [6, 6.07) is 0. The number of hydrogen-bond acceptors (Lipinski definition) is 6.